The predicted octanol–water partition coefficient (Wildman–Crippen LogP) is 4.14. The van der Waals surface area contributed by atoms with E-state index in [0.717, 1.165) is 5.69 Å². The zero-order chi connectivity index (χ0) is 21.5. The smallest absolute Gasteiger partial charge is 0.344 e. The molecule has 7 nitrogen and oxygen atoms in total. The number of ether oxygens (including phenoxy) is 2. The SMILES string of the molecule is COc1cc(C=NNC(=O)c2ccc(C)nc2)ccc1OC(=O)c1ccccc1Br. The Balaban J connectivity index is 1.68. The van der Waals surface area contributed by atoms with Crippen LogP contribution in [-0.4, -0.2) is 30.2 Å². The molecule has 30 heavy (non-hydrogen) atoms. The van der Waals surface area contributed by atoms with Crippen molar-refractivity contribution in [3.05, 3.63) is 87.7 Å². The summed E-state index contributed by atoms with van der Waals surface area (Å²) in [6, 6.07) is 15.3. The van der Waals surface area contributed by atoms with Gasteiger partial charge in [0.1, 0.15) is 0 Å². The number of nitrogens with one attached hydrogen (secondary N) is 1. The number of nitrogens with zero attached hydrogens (tertiary/aromatic N) is 2. The summed E-state index contributed by atoms with van der Waals surface area (Å²) in [5.74, 6) is -0.260. The minimum Gasteiger partial charge on any atom is -0.493 e. The molecule has 0 saturated heterocycles. The molecule has 0 unspecified atom stereocenters. The number of hydrogen-bond donors (Lipinski definition) is 1. The minimum absolute atomic E-state index is 0.269. The van der Waals surface area contributed by atoms with E-state index in [9.17, 15) is 9.59 Å². The molecule has 0 saturated carbocycles. The lowest BCUT2D eigenvalue weighted by Gasteiger charge is -2.10. The lowest BCUT2D eigenvalue weighted by Crippen LogP contribution is -2.17. The number of halogens is 1. The van der Waals surface area contributed by atoms with Crippen LogP contribution in [0.15, 0.2) is 70.4 Å². The summed E-state index contributed by atoms with van der Waals surface area (Å²) in [6.45, 7) is 1.84. The van der Waals surface area contributed by atoms with E-state index in [1.165, 1.54) is 19.5 Å². The highest BCUT2D eigenvalue weighted by Gasteiger charge is 2.15. The third kappa shape index (κ3) is 5.30. The summed E-state index contributed by atoms with van der Waals surface area (Å²) < 4.78 is 11.4. The zero-order valence-corrected chi connectivity index (χ0v) is 17.8. The summed E-state index contributed by atoms with van der Waals surface area (Å²) in [7, 11) is 1.47. The summed E-state index contributed by atoms with van der Waals surface area (Å²) in [5, 5.41) is 3.94. The van der Waals surface area contributed by atoms with Crippen LogP contribution in [0.4, 0.5) is 0 Å². The second-order valence-corrected chi connectivity index (χ2v) is 7.02. The van der Waals surface area contributed by atoms with Gasteiger partial charge >= 0.3 is 5.97 Å². The van der Waals surface area contributed by atoms with Crippen LogP contribution < -0.4 is 14.9 Å². The van der Waals surface area contributed by atoms with E-state index in [4.69, 9.17) is 9.47 Å². The number of amides is 1. The molecule has 0 atom stereocenters. The largest absolute Gasteiger partial charge is 0.493 e. The van der Waals surface area contributed by atoms with Crippen LogP contribution in [0.3, 0.4) is 0 Å². The number of benzene rings is 2. The van der Waals surface area contributed by atoms with E-state index in [0.29, 0.717) is 26.9 Å². The van der Waals surface area contributed by atoms with Gasteiger partial charge in [0, 0.05) is 16.4 Å². The van der Waals surface area contributed by atoms with Crippen LogP contribution in [0.5, 0.6) is 11.5 Å². The Labute approximate surface area is 181 Å². The third-order valence-corrected chi connectivity index (χ3v) is 4.73. The molecule has 0 spiro atoms. The van der Waals surface area contributed by atoms with Crippen LogP contribution in [0.2, 0.25) is 0 Å². The van der Waals surface area contributed by atoms with Crippen LogP contribution >= 0.6 is 15.9 Å². The second-order valence-electron chi connectivity index (χ2n) is 6.17. The minimum atomic E-state index is -0.513. The highest BCUT2D eigenvalue weighted by Crippen LogP contribution is 2.29. The molecule has 152 valence electrons. The van der Waals surface area contributed by atoms with Crippen LogP contribution in [0, 0.1) is 6.92 Å². The van der Waals surface area contributed by atoms with Crippen molar-refractivity contribution < 1.29 is 19.1 Å². The summed E-state index contributed by atoms with van der Waals surface area (Å²) >= 11 is 3.33. The predicted molar refractivity (Wildman–Crippen MR) is 116 cm³/mol. The molecule has 0 aliphatic carbocycles. The Morgan fingerprint density at radius 1 is 1.10 bits per heavy atom. The Bertz CT molecular complexity index is 1100. The molecule has 8 heteroatoms. The first-order valence-corrected chi connectivity index (χ1v) is 9.68. The number of carbonyl (C=O) groups is 2. The average Bonchev–Trinajstić information content (AvgIpc) is 2.75. The number of esters is 1. The van der Waals surface area contributed by atoms with E-state index in [1.54, 1.807) is 48.5 Å². The van der Waals surface area contributed by atoms with E-state index >= 15 is 0 Å². The number of pyridine rings is 1. The maximum absolute atomic E-state index is 12.4. The lowest BCUT2D eigenvalue weighted by molar-refractivity contribution is 0.0728. The van der Waals surface area contributed by atoms with Crippen LogP contribution in [0.1, 0.15) is 32.0 Å². The van der Waals surface area contributed by atoms with Crippen molar-refractivity contribution in [1.82, 2.24) is 10.4 Å². The van der Waals surface area contributed by atoms with E-state index in [-0.39, 0.29) is 11.7 Å². The fraction of sp³-hybridized carbons (Fsp3) is 0.0909. The highest BCUT2D eigenvalue weighted by atomic mass is 79.9. The number of aromatic nitrogens is 1. The zero-order valence-electron chi connectivity index (χ0n) is 16.3. The normalized spacial score (nSPS) is 10.6. The number of methoxy groups -OCH3 is 1. The number of rotatable bonds is 6. The van der Waals surface area contributed by atoms with Crippen molar-refractivity contribution in [3.63, 3.8) is 0 Å². The topological polar surface area (TPSA) is 89.9 Å². The van der Waals surface area contributed by atoms with Crippen molar-refractivity contribution in [2.75, 3.05) is 7.11 Å². The van der Waals surface area contributed by atoms with Crippen LogP contribution in [-0.2, 0) is 0 Å². The van der Waals surface area contributed by atoms with Gasteiger partial charge in [0.2, 0.25) is 0 Å². The monoisotopic (exact) mass is 467 g/mol. The first kappa shape index (κ1) is 21.2. The van der Waals surface area contributed by atoms with Crippen molar-refractivity contribution in [1.29, 1.82) is 0 Å². The molecule has 1 heterocycles. The van der Waals surface area contributed by atoms with Crippen molar-refractivity contribution in [2.45, 2.75) is 6.92 Å². The van der Waals surface area contributed by atoms with E-state index in [2.05, 4.69) is 31.4 Å². The molecule has 3 rings (SSSR count). The second kappa shape index (κ2) is 9.80. The fourth-order valence-corrected chi connectivity index (χ4v) is 2.91. The number of hydrogen-bond acceptors (Lipinski definition) is 6. The Morgan fingerprint density at radius 2 is 1.90 bits per heavy atom. The molecule has 3 aromatic rings. The van der Waals surface area contributed by atoms with Crippen molar-refractivity contribution in [2.24, 2.45) is 5.10 Å². The molecule has 0 bridgehead atoms. The molecule has 0 aliphatic heterocycles. The van der Waals surface area contributed by atoms with Gasteiger partial charge in [-0.05, 0) is 70.9 Å². The van der Waals surface area contributed by atoms with Gasteiger partial charge in [-0.15, -0.1) is 0 Å². The van der Waals surface area contributed by atoms with Crippen molar-refractivity contribution >= 4 is 34.0 Å². The van der Waals surface area contributed by atoms with Gasteiger partial charge < -0.3 is 9.47 Å². The Hall–Kier alpha value is -3.52. The molecule has 2 aromatic carbocycles. The fourth-order valence-electron chi connectivity index (χ4n) is 2.46. The molecule has 1 aromatic heterocycles. The molecular formula is C22H18BrN3O4. The van der Waals surface area contributed by atoms with Gasteiger partial charge in [0.15, 0.2) is 11.5 Å². The standard InChI is InChI=1S/C22H18BrN3O4/c1-14-7-9-16(13-24-14)21(27)26-25-12-15-8-10-19(20(11-15)29-2)30-22(28)17-5-3-4-6-18(17)23/h3-13H,1-2H3,(H,26,27). The number of carbonyl (C=O) groups excluding carboxylic acids is 2. The summed E-state index contributed by atoms with van der Waals surface area (Å²) in [6.07, 6.45) is 2.94. The van der Waals surface area contributed by atoms with Gasteiger partial charge in [-0.2, -0.15) is 5.10 Å². The van der Waals surface area contributed by atoms with Gasteiger partial charge in [0.05, 0.1) is 24.5 Å². The summed E-state index contributed by atoms with van der Waals surface area (Å²) in [4.78, 5) is 28.5. The van der Waals surface area contributed by atoms with Crippen molar-refractivity contribution in [3.8, 4) is 11.5 Å². The Morgan fingerprint density at radius 3 is 2.60 bits per heavy atom. The maximum atomic E-state index is 12.4. The summed E-state index contributed by atoms with van der Waals surface area (Å²) in [5.41, 5.74) is 4.72. The quantitative estimate of drug-likeness (QED) is 0.254. The number of hydrazone groups is 1. The first-order valence-electron chi connectivity index (χ1n) is 8.88. The first-order chi connectivity index (χ1) is 14.5. The van der Waals surface area contributed by atoms with Gasteiger partial charge in [0.25, 0.3) is 5.91 Å². The van der Waals surface area contributed by atoms with E-state index < -0.39 is 5.97 Å². The van der Waals surface area contributed by atoms with E-state index in [1.807, 2.05) is 13.0 Å². The molecule has 0 aliphatic rings. The molecule has 0 fully saturated rings. The molecule has 1 amide bonds. The van der Waals surface area contributed by atoms with Crippen LogP contribution in [0.25, 0.3) is 0 Å². The number of aryl methyl sites for hydroxylation is 1. The molecule has 0 radical (unpaired) electrons. The average molecular weight is 468 g/mol. The van der Waals surface area contributed by atoms with Gasteiger partial charge in [-0.3, -0.25) is 9.78 Å². The lowest BCUT2D eigenvalue weighted by atomic mass is 10.2. The highest BCUT2D eigenvalue weighted by molar-refractivity contribution is 9.10. The third-order valence-electron chi connectivity index (χ3n) is 4.04. The molecular weight excluding hydrogens is 450 g/mol. The van der Waals surface area contributed by atoms with Gasteiger partial charge in [-0.25, -0.2) is 10.2 Å². The maximum Gasteiger partial charge on any atom is 0.344 e. The van der Waals surface area contributed by atoms with Gasteiger partial charge in [-0.1, -0.05) is 12.1 Å². The Kier molecular flexibility index (Phi) is 6.92. The molecule has 1 N–H and O–H groups in total.